The van der Waals surface area contributed by atoms with Crippen LogP contribution in [0.25, 0.3) is 0 Å². The number of carbonyl (C=O) groups is 2. The maximum Gasteiger partial charge on any atom is 0.326 e. The summed E-state index contributed by atoms with van der Waals surface area (Å²) >= 11 is 0. The first-order valence-corrected chi connectivity index (χ1v) is 5.86. The lowest BCUT2D eigenvalue weighted by atomic mass is 10.1. The fraction of sp³-hybridized carbons (Fsp3) is 0.286. The molecule has 5 heteroatoms. The second kappa shape index (κ2) is 6.68. The van der Waals surface area contributed by atoms with Gasteiger partial charge in [-0.25, -0.2) is 9.18 Å². The summed E-state index contributed by atoms with van der Waals surface area (Å²) < 4.78 is 13.5. The monoisotopic (exact) mass is 265 g/mol. The SMILES string of the molecule is C=CCCC(NC(=O)c1cc(C)ccc1F)C(=O)O. The van der Waals surface area contributed by atoms with Crippen molar-refractivity contribution < 1.29 is 19.1 Å². The number of hydrogen-bond acceptors (Lipinski definition) is 2. The number of amides is 1. The molecule has 1 aromatic carbocycles. The highest BCUT2D eigenvalue weighted by Crippen LogP contribution is 2.11. The van der Waals surface area contributed by atoms with Gasteiger partial charge in [-0.3, -0.25) is 4.79 Å². The van der Waals surface area contributed by atoms with Crippen molar-refractivity contribution in [3.8, 4) is 0 Å². The van der Waals surface area contributed by atoms with E-state index in [1.807, 2.05) is 0 Å². The van der Waals surface area contributed by atoms with Crippen LogP contribution in [0.1, 0.15) is 28.8 Å². The first-order valence-electron chi connectivity index (χ1n) is 5.86. The second-order valence-corrected chi connectivity index (χ2v) is 4.21. The molecule has 0 aromatic heterocycles. The maximum absolute atomic E-state index is 13.5. The molecule has 1 aromatic rings. The van der Waals surface area contributed by atoms with E-state index in [-0.39, 0.29) is 12.0 Å². The van der Waals surface area contributed by atoms with Gasteiger partial charge in [0, 0.05) is 0 Å². The third-order valence-electron chi connectivity index (χ3n) is 2.63. The van der Waals surface area contributed by atoms with Crippen molar-refractivity contribution in [1.82, 2.24) is 5.32 Å². The zero-order chi connectivity index (χ0) is 14.4. The Hall–Kier alpha value is -2.17. The summed E-state index contributed by atoms with van der Waals surface area (Å²) in [6.07, 6.45) is 2.24. The maximum atomic E-state index is 13.5. The number of allylic oxidation sites excluding steroid dienone is 1. The molecule has 19 heavy (non-hydrogen) atoms. The summed E-state index contributed by atoms with van der Waals surface area (Å²) in [5.74, 6) is -2.54. The summed E-state index contributed by atoms with van der Waals surface area (Å²) in [5, 5.41) is 11.3. The number of hydrogen-bond donors (Lipinski definition) is 2. The van der Waals surface area contributed by atoms with Crippen molar-refractivity contribution in [1.29, 1.82) is 0 Å². The number of carbonyl (C=O) groups excluding carboxylic acids is 1. The zero-order valence-corrected chi connectivity index (χ0v) is 10.6. The molecule has 1 unspecified atom stereocenters. The molecule has 2 N–H and O–H groups in total. The third kappa shape index (κ3) is 4.21. The standard InChI is InChI=1S/C14H16FNO3/c1-3-4-5-12(14(18)19)16-13(17)10-8-9(2)6-7-11(10)15/h3,6-8,12H,1,4-5H2,2H3,(H,16,17)(H,18,19). The third-order valence-corrected chi connectivity index (χ3v) is 2.63. The van der Waals surface area contributed by atoms with Gasteiger partial charge in [-0.2, -0.15) is 0 Å². The van der Waals surface area contributed by atoms with Crippen LogP contribution in [0.3, 0.4) is 0 Å². The van der Waals surface area contributed by atoms with Crippen LogP contribution in [0.4, 0.5) is 4.39 Å². The largest absolute Gasteiger partial charge is 0.480 e. The minimum absolute atomic E-state index is 0.148. The minimum Gasteiger partial charge on any atom is -0.480 e. The number of aryl methyl sites for hydroxylation is 1. The highest BCUT2D eigenvalue weighted by atomic mass is 19.1. The molecule has 1 atom stereocenters. The lowest BCUT2D eigenvalue weighted by molar-refractivity contribution is -0.139. The Bertz CT molecular complexity index is 499. The van der Waals surface area contributed by atoms with E-state index in [4.69, 9.17) is 5.11 Å². The van der Waals surface area contributed by atoms with E-state index >= 15 is 0 Å². The van der Waals surface area contributed by atoms with Crippen LogP contribution in [0.5, 0.6) is 0 Å². The van der Waals surface area contributed by atoms with Gasteiger partial charge in [0.1, 0.15) is 11.9 Å². The first kappa shape index (κ1) is 14.9. The number of rotatable bonds is 6. The van der Waals surface area contributed by atoms with Crippen LogP contribution >= 0.6 is 0 Å². The number of nitrogens with one attached hydrogen (secondary N) is 1. The Morgan fingerprint density at radius 1 is 1.53 bits per heavy atom. The smallest absolute Gasteiger partial charge is 0.326 e. The van der Waals surface area contributed by atoms with E-state index in [2.05, 4.69) is 11.9 Å². The van der Waals surface area contributed by atoms with Gasteiger partial charge in [0.25, 0.3) is 5.91 Å². The molecule has 1 rings (SSSR count). The average Bonchev–Trinajstić information content (AvgIpc) is 2.36. The van der Waals surface area contributed by atoms with Gasteiger partial charge in [-0.05, 0) is 31.9 Å². The summed E-state index contributed by atoms with van der Waals surface area (Å²) in [6, 6.07) is 3.06. The lowest BCUT2D eigenvalue weighted by Crippen LogP contribution is -2.41. The summed E-state index contributed by atoms with van der Waals surface area (Å²) in [6.45, 7) is 5.21. The predicted molar refractivity (Wildman–Crippen MR) is 69.5 cm³/mol. The molecule has 0 heterocycles. The summed E-state index contributed by atoms with van der Waals surface area (Å²) in [4.78, 5) is 22.8. The summed E-state index contributed by atoms with van der Waals surface area (Å²) in [7, 11) is 0. The molecule has 0 radical (unpaired) electrons. The Labute approximate surface area is 110 Å². The average molecular weight is 265 g/mol. The molecule has 0 aliphatic carbocycles. The normalized spacial score (nSPS) is 11.7. The Balaban J connectivity index is 2.84. The molecule has 0 saturated heterocycles. The van der Waals surface area contributed by atoms with Crippen molar-refractivity contribution in [2.75, 3.05) is 0 Å². The van der Waals surface area contributed by atoms with Gasteiger partial charge >= 0.3 is 5.97 Å². The molecule has 0 aliphatic heterocycles. The molecular formula is C14H16FNO3. The van der Waals surface area contributed by atoms with E-state index in [1.165, 1.54) is 12.1 Å². The van der Waals surface area contributed by atoms with Crippen LogP contribution < -0.4 is 5.32 Å². The number of halogens is 1. The van der Waals surface area contributed by atoms with Gasteiger partial charge in [0.15, 0.2) is 0 Å². The molecule has 4 nitrogen and oxygen atoms in total. The van der Waals surface area contributed by atoms with Crippen molar-refractivity contribution >= 4 is 11.9 Å². The van der Waals surface area contributed by atoms with Gasteiger partial charge in [-0.1, -0.05) is 17.7 Å². The van der Waals surface area contributed by atoms with E-state index in [0.29, 0.717) is 6.42 Å². The fourth-order valence-electron chi connectivity index (χ4n) is 1.59. The molecule has 0 fully saturated rings. The van der Waals surface area contributed by atoms with Gasteiger partial charge in [0.2, 0.25) is 0 Å². The quantitative estimate of drug-likeness (QED) is 0.775. The van der Waals surface area contributed by atoms with E-state index in [1.54, 1.807) is 19.1 Å². The van der Waals surface area contributed by atoms with Crippen LogP contribution in [0.2, 0.25) is 0 Å². The van der Waals surface area contributed by atoms with Gasteiger partial charge in [-0.15, -0.1) is 6.58 Å². The van der Waals surface area contributed by atoms with Crippen LogP contribution in [0, 0.1) is 12.7 Å². The second-order valence-electron chi connectivity index (χ2n) is 4.21. The molecular weight excluding hydrogens is 249 g/mol. The fourth-order valence-corrected chi connectivity index (χ4v) is 1.59. The molecule has 0 aliphatic rings. The van der Waals surface area contributed by atoms with Crippen LogP contribution in [-0.4, -0.2) is 23.0 Å². The van der Waals surface area contributed by atoms with E-state index < -0.39 is 23.7 Å². The Kier molecular flexibility index (Phi) is 5.23. The van der Waals surface area contributed by atoms with Gasteiger partial charge < -0.3 is 10.4 Å². The lowest BCUT2D eigenvalue weighted by Gasteiger charge is -2.14. The Morgan fingerprint density at radius 2 is 2.21 bits per heavy atom. The molecule has 102 valence electrons. The van der Waals surface area contributed by atoms with Crippen molar-refractivity contribution in [3.63, 3.8) is 0 Å². The first-order chi connectivity index (χ1) is 8.95. The number of benzene rings is 1. The Morgan fingerprint density at radius 3 is 2.79 bits per heavy atom. The predicted octanol–water partition coefficient (Wildman–Crippen LogP) is 2.28. The molecule has 0 spiro atoms. The number of carboxylic acid groups (broad SMARTS) is 1. The minimum atomic E-state index is -1.15. The molecule has 0 bridgehead atoms. The highest BCUT2D eigenvalue weighted by Gasteiger charge is 2.21. The number of carboxylic acids is 1. The van der Waals surface area contributed by atoms with E-state index in [9.17, 15) is 14.0 Å². The van der Waals surface area contributed by atoms with Crippen molar-refractivity contribution in [3.05, 3.63) is 47.8 Å². The van der Waals surface area contributed by atoms with E-state index in [0.717, 1.165) is 5.56 Å². The molecule has 0 saturated carbocycles. The highest BCUT2D eigenvalue weighted by molar-refractivity contribution is 5.96. The van der Waals surface area contributed by atoms with Crippen molar-refractivity contribution in [2.24, 2.45) is 0 Å². The number of aliphatic carboxylic acids is 1. The van der Waals surface area contributed by atoms with Crippen LogP contribution in [-0.2, 0) is 4.79 Å². The van der Waals surface area contributed by atoms with Gasteiger partial charge in [0.05, 0.1) is 5.56 Å². The molecule has 1 amide bonds. The van der Waals surface area contributed by atoms with Crippen LogP contribution in [0.15, 0.2) is 30.9 Å². The topological polar surface area (TPSA) is 66.4 Å². The van der Waals surface area contributed by atoms with Crippen molar-refractivity contribution in [2.45, 2.75) is 25.8 Å². The summed E-state index contributed by atoms with van der Waals surface area (Å²) in [5.41, 5.74) is 0.578. The zero-order valence-electron chi connectivity index (χ0n) is 10.6.